The number of hydrogen-bond acceptors (Lipinski definition) is 1. The molecule has 0 spiro atoms. The minimum absolute atomic E-state index is 0.385. The van der Waals surface area contributed by atoms with Gasteiger partial charge < -0.3 is 0 Å². The number of halogens is 5. The zero-order chi connectivity index (χ0) is 10.9. The topological polar surface area (TPSA) is 17.1 Å². The van der Waals surface area contributed by atoms with Crippen molar-refractivity contribution in [1.29, 1.82) is 0 Å². The Bertz CT molecular complexity index is 378. The lowest BCUT2D eigenvalue weighted by Crippen LogP contribution is -2.12. The first-order chi connectivity index (χ1) is 6.43. The molecule has 0 radical (unpaired) electrons. The lowest BCUT2D eigenvalue weighted by molar-refractivity contribution is 0.0673. The second-order valence-electron chi connectivity index (χ2n) is 2.41. The summed E-state index contributed by atoms with van der Waals surface area (Å²) < 4.78 is 49.3. The van der Waals surface area contributed by atoms with E-state index in [1.54, 1.807) is 0 Å². The molecule has 6 heteroatoms. The fraction of sp³-hybridized carbons (Fsp3) is 0.125. The normalized spacial score (nSPS) is 10.7. The van der Waals surface area contributed by atoms with Gasteiger partial charge in [0.2, 0.25) is 5.78 Å². The van der Waals surface area contributed by atoms with Gasteiger partial charge >= 0.3 is 6.43 Å². The Kier molecular flexibility index (Phi) is 3.10. The number of carbonyl (C=O) groups excluding carboxylic acids is 1. The molecule has 0 bridgehead atoms. The molecule has 1 aromatic rings. The van der Waals surface area contributed by atoms with E-state index in [-0.39, 0.29) is 0 Å². The van der Waals surface area contributed by atoms with Gasteiger partial charge in [-0.1, -0.05) is 11.6 Å². The van der Waals surface area contributed by atoms with Crippen LogP contribution in [0, 0.1) is 11.6 Å². The van der Waals surface area contributed by atoms with E-state index in [1.165, 1.54) is 0 Å². The van der Waals surface area contributed by atoms with Crippen molar-refractivity contribution in [2.24, 2.45) is 0 Å². The minimum atomic E-state index is -3.39. The molecule has 0 atom stereocenters. The van der Waals surface area contributed by atoms with Crippen molar-refractivity contribution in [2.45, 2.75) is 6.43 Å². The standard InChI is InChI=1S/C8H3ClF4O/c9-5-2-3(10)1-4(6(5)11)7(14)8(12)13/h1-2,8H. The lowest BCUT2D eigenvalue weighted by atomic mass is 10.1. The molecule has 76 valence electrons. The van der Waals surface area contributed by atoms with Crippen molar-refractivity contribution in [3.05, 3.63) is 34.4 Å². The van der Waals surface area contributed by atoms with Gasteiger partial charge in [-0.05, 0) is 12.1 Å². The SMILES string of the molecule is O=C(c1cc(F)cc(Cl)c1F)C(F)F. The first-order valence-corrected chi connectivity index (χ1v) is 3.78. The summed E-state index contributed by atoms with van der Waals surface area (Å²) in [4.78, 5) is 10.7. The highest BCUT2D eigenvalue weighted by molar-refractivity contribution is 6.31. The molecule has 0 saturated heterocycles. The summed E-state index contributed by atoms with van der Waals surface area (Å²) in [5, 5.41) is -0.700. The molecule has 0 aliphatic rings. The van der Waals surface area contributed by atoms with Gasteiger partial charge in [0.1, 0.15) is 5.82 Å². The molecule has 1 nitrogen and oxygen atoms in total. The van der Waals surface area contributed by atoms with E-state index < -0.39 is 34.4 Å². The molecule has 0 unspecified atom stereocenters. The highest BCUT2D eigenvalue weighted by Gasteiger charge is 2.23. The maximum Gasteiger partial charge on any atom is 0.300 e. The number of carbonyl (C=O) groups is 1. The summed E-state index contributed by atoms with van der Waals surface area (Å²) in [7, 11) is 0. The number of benzene rings is 1. The molecule has 14 heavy (non-hydrogen) atoms. The van der Waals surface area contributed by atoms with E-state index in [0.29, 0.717) is 12.1 Å². The fourth-order valence-electron chi connectivity index (χ4n) is 0.853. The number of hydrogen-bond donors (Lipinski definition) is 0. The smallest absolute Gasteiger partial charge is 0.288 e. The average molecular weight is 227 g/mol. The monoisotopic (exact) mass is 226 g/mol. The lowest BCUT2D eigenvalue weighted by Gasteiger charge is -2.03. The van der Waals surface area contributed by atoms with E-state index >= 15 is 0 Å². The van der Waals surface area contributed by atoms with Crippen molar-refractivity contribution >= 4 is 17.4 Å². The number of ketones is 1. The van der Waals surface area contributed by atoms with Crippen LogP contribution >= 0.6 is 11.6 Å². The number of alkyl halides is 2. The summed E-state index contributed by atoms with van der Waals surface area (Å²) in [6.45, 7) is 0. The van der Waals surface area contributed by atoms with Crippen LogP contribution in [0.3, 0.4) is 0 Å². The Morgan fingerprint density at radius 2 is 1.86 bits per heavy atom. The van der Waals surface area contributed by atoms with Gasteiger partial charge in [-0.15, -0.1) is 0 Å². The molecule has 0 aliphatic carbocycles. The Morgan fingerprint density at radius 1 is 1.29 bits per heavy atom. The molecular formula is C8H3ClF4O. The average Bonchev–Trinajstić information content (AvgIpc) is 2.09. The Balaban J connectivity index is 3.27. The molecule has 0 heterocycles. The molecular weight excluding hydrogens is 224 g/mol. The summed E-state index contributed by atoms with van der Waals surface area (Å²) in [6, 6.07) is 0.981. The van der Waals surface area contributed by atoms with Crippen LogP contribution in [0.15, 0.2) is 12.1 Å². The molecule has 1 aromatic carbocycles. The van der Waals surface area contributed by atoms with Crippen molar-refractivity contribution in [3.8, 4) is 0 Å². The second-order valence-corrected chi connectivity index (χ2v) is 2.82. The summed E-state index contributed by atoms with van der Waals surface area (Å²) in [5.41, 5.74) is -1.04. The van der Waals surface area contributed by atoms with Crippen LogP contribution in [-0.4, -0.2) is 12.2 Å². The van der Waals surface area contributed by atoms with Gasteiger partial charge in [0.15, 0.2) is 5.82 Å². The second kappa shape index (κ2) is 3.96. The Hall–Kier alpha value is -1.10. The van der Waals surface area contributed by atoms with Crippen molar-refractivity contribution in [2.75, 3.05) is 0 Å². The van der Waals surface area contributed by atoms with E-state index in [4.69, 9.17) is 11.6 Å². The predicted molar refractivity (Wildman–Crippen MR) is 41.7 cm³/mol. The molecule has 0 aliphatic heterocycles. The van der Waals surface area contributed by atoms with Crippen molar-refractivity contribution in [3.63, 3.8) is 0 Å². The molecule has 1 rings (SSSR count). The van der Waals surface area contributed by atoms with Gasteiger partial charge in [0.25, 0.3) is 0 Å². The molecule has 0 fully saturated rings. The van der Waals surface area contributed by atoms with Crippen LogP contribution in [0.2, 0.25) is 5.02 Å². The van der Waals surface area contributed by atoms with Crippen LogP contribution in [0.4, 0.5) is 17.6 Å². The fourth-order valence-corrected chi connectivity index (χ4v) is 1.06. The van der Waals surface area contributed by atoms with Gasteiger partial charge in [0, 0.05) is 0 Å². The summed E-state index contributed by atoms with van der Waals surface area (Å²) >= 11 is 5.16. The van der Waals surface area contributed by atoms with Gasteiger partial charge in [0.05, 0.1) is 10.6 Å². The number of Topliss-reactive ketones (excluding diaryl/α,β-unsaturated/α-hetero) is 1. The summed E-state index contributed by atoms with van der Waals surface area (Å²) in [6.07, 6.45) is -3.39. The van der Waals surface area contributed by atoms with Crippen LogP contribution in [0.1, 0.15) is 10.4 Å². The third-order valence-corrected chi connectivity index (χ3v) is 1.73. The van der Waals surface area contributed by atoms with Gasteiger partial charge in [-0.25, -0.2) is 17.6 Å². The highest BCUT2D eigenvalue weighted by Crippen LogP contribution is 2.22. The zero-order valence-electron chi connectivity index (χ0n) is 6.53. The van der Waals surface area contributed by atoms with Crippen molar-refractivity contribution < 1.29 is 22.4 Å². The summed E-state index contributed by atoms with van der Waals surface area (Å²) in [5.74, 6) is -4.16. The maximum atomic E-state index is 12.9. The Labute approximate surface area is 81.3 Å². The van der Waals surface area contributed by atoms with Gasteiger partial charge in [-0.3, -0.25) is 4.79 Å². The maximum absolute atomic E-state index is 12.9. The highest BCUT2D eigenvalue weighted by atomic mass is 35.5. The first kappa shape index (κ1) is 11.0. The molecule has 0 aromatic heterocycles. The third-order valence-electron chi connectivity index (χ3n) is 1.46. The van der Waals surface area contributed by atoms with Gasteiger partial charge in [-0.2, -0.15) is 0 Å². The van der Waals surface area contributed by atoms with Crippen LogP contribution in [-0.2, 0) is 0 Å². The predicted octanol–water partition coefficient (Wildman–Crippen LogP) is 3.07. The third kappa shape index (κ3) is 2.04. The van der Waals surface area contributed by atoms with Crippen LogP contribution in [0.25, 0.3) is 0 Å². The molecule has 0 saturated carbocycles. The van der Waals surface area contributed by atoms with E-state index in [0.717, 1.165) is 0 Å². The van der Waals surface area contributed by atoms with E-state index in [1.807, 2.05) is 0 Å². The minimum Gasteiger partial charge on any atom is -0.288 e. The number of rotatable bonds is 2. The quantitative estimate of drug-likeness (QED) is 0.430. The van der Waals surface area contributed by atoms with Crippen molar-refractivity contribution in [1.82, 2.24) is 0 Å². The Morgan fingerprint density at radius 3 is 2.36 bits per heavy atom. The largest absolute Gasteiger partial charge is 0.300 e. The first-order valence-electron chi connectivity index (χ1n) is 3.40. The molecule has 0 N–H and O–H groups in total. The zero-order valence-corrected chi connectivity index (χ0v) is 7.29. The van der Waals surface area contributed by atoms with E-state index in [9.17, 15) is 22.4 Å². The van der Waals surface area contributed by atoms with Crippen LogP contribution in [0.5, 0.6) is 0 Å². The molecule has 0 amide bonds. The van der Waals surface area contributed by atoms with Crippen LogP contribution < -0.4 is 0 Å². The van der Waals surface area contributed by atoms with E-state index in [2.05, 4.69) is 0 Å².